The molecule has 194 valence electrons. The van der Waals surface area contributed by atoms with E-state index in [1.807, 2.05) is 62.5 Å². The molecule has 2 aliphatic rings. The van der Waals surface area contributed by atoms with Crippen molar-refractivity contribution in [2.24, 2.45) is 5.92 Å². The molecule has 4 rings (SSSR count). The molecule has 2 amide bonds. The maximum Gasteiger partial charge on any atom is 0.248 e. The Bertz CT molecular complexity index is 1020. The zero-order chi connectivity index (χ0) is 25.7. The van der Waals surface area contributed by atoms with Crippen LogP contribution in [0.3, 0.4) is 0 Å². The Labute approximate surface area is 213 Å². The van der Waals surface area contributed by atoms with Crippen LogP contribution in [0.25, 0.3) is 0 Å². The van der Waals surface area contributed by atoms with Gasteiger partial charge in [-0.05, 0) is 42.9 Å². The molecule has 8 nitrogen and oxygen atoms in total. The third-order valence-corrected chi connectivity index (χ3v) is 7.37. The number of aliphatic hydroxyl groups is 1. The molecule has 2 saturated heterocycles. The van der Waals surface area contributed by atoms with E-state index >= 15 is 0 Å². The molecule has 0 saturated carbocycles. The van der Waals surface area contributed by atoms with Crippen LogP contribution in [0.4, 0.5) is 0 Å². The Morgan fingerprint density at radius 1 is 1.14 bits per heavy atom. The highest BCUT2D eigenvalue weighted by Crippen LogP contribution is 2.35. The average molecular weight is 495 g/mol. The number of carbonyl (C=O) groups excluding carboxylic acids is 2. The van der Waals surface area contributed by atoms with Crippen LogP contribution in [0.1, 0.15) is 52.0 Å². The fourth-order valence-corrected chi connectivity index (χ4v) is 5.11. The maximum absolute atomic E-state index is 13.4. The van der Waals surface area contributed by atoms with Gasteiger partial charge in [0.05, 0.1) is 6.10 Å². The predicted octanol–water partition coefficient (Wildman–Crippen LogP) is 3.35. The van der Waals surface area contributed by atoms with Crippen molar-refractivity contribution in [3.05, 3.63) is 54.2 Å². The van der Waals surface area contributed by atoms with Gasteiger partial charge < -0.3 is 20.1 Å². The lowest BCUT2D eigenvalue weighted by molar-refractivity contribution is -0.165. The van der Waals surface area contributed by atoms with Crippen LogP contribution < -0.4 is 10.1 Å². The average Bonchev–Trinajstić information content (AvgIpc) is 2.89. The molecule has 2 atom stereocenters. The predicted molar refractivity (Wildman–Crippen MR) is 137 cm³/mol. The Balaban J connectivity index is 1.40. The molecule has 2 fully saturated rings. The number of rotatable bonds is 9. The van der Waals surface area contributed by atoms with Gasteiger partial charge >= 0.3 is 0 Å². The number of piperidine rings is 1. The second-order valence-electron chi connectivity index (χ2n) is 10.3. The Morgan fingerprint density at radius 2 is 1.86 bits per heavy atom. The number of nitrogens with zero attached hydrogens (tertiary/aromatic N) is 3. The number of nitrogens with one attached hydrogen (secondary N) is 1. The first-order valence-corrected chi connectivity index (χ1v) is 13.0. The molecule has 1 aromatic heterocycles. The fraction of sp³-hybridized carbons (Fsp3) is 0.536. The van der Waals surface area contributed by atoms with Gasteiger partial charge in [0.15, 0.2) is 0 Å². The van der Waals surface area contributed by atoms with E-state index in [4.69, 9.17) is 4.74 Å². The number of benzene rings is 1. The van der Waals surface area contributed by atoms with Gasteiger partial charge in [-0.3, -0.25) is 14.5 Å². The monoisotopic (exact) mass is 494 g/mol. The van der Waals surface area contributed by atoms with E-state index in [9.17, 15) is 14.7 Å². The largest absolute Gasteiger partial charge is 0.439 e. The number of likely N-dealkylation sites (tertiary alicyclic amines) is 1. The van der Waals surface area contributed by atoms with Crippen LogP contribution >= 0.6 is 0 Å². The lowest BCUT2D eigenvalue weighted by Gasteiger charge is -2.52. The first kappa shape index (κ1) is 26.1. The zero-order valence-corrected chi connectivity index (χ0v) is 21.5. The molecule has 2 aromatic rings. The number of ether oxygens (including phenoxy) is 1. The molecule has 3 heterocycles. The number of unbranched alkanes of at least 4 members (excludes halogenated alkanes) is 1. The summed E-state index contributed by atoms with van der Waals surface area (Å²) < 4.78 is 5.78. The molecule has 1 aromatic carbocycles. The molecule has 0 bridgehead atoms. The molecule has 2 N–H and O–H groups in total. The minimum Gasteiger partial charge on any atom is -0.439 e. The first-order chi connectivity index (χ1) is 17.3. The van der Waals surface area contributed by atoms with Gasteiger partial charge in [0.1, 0.15) is 17.3 Å². The van der Waals surface area contributed by atoms with Gasteiger partial charge in [0, 0.05) is 38.4 Å². The van der Waals surface area contributed by atoms with E-state index in [2.05, 4.69) is 22.1 Å². The third-order valence-electron chi connectivity index (χ3n) is 7.37. The summed E-state index contributed by atoms with van der Waals surface area (Å²) in [4.78, 5) is 35.4. The molecule has 0 radical (unpaired) electrons. The normalized spacial score (nSPS) is 21.0. The van der Waals surface area contributed by atoms with Crippen LogP contribution in [-0.2, 0) is 16.1 Å². The summed E-state index contributed by atoms with van der Waals surface area (Å²) in [6.07, 6.45) is 3.83. The van der Waals surface area contributed by atoms with Crippen molar-refractivity contribution in [2.45, 2.75) is 70.7 Å². The minimum absolute atomic E-state index is 0.124. The number of carbonyl (C=O) groups is 2. The van der Waals surface area contributed by atoms with E-state index in [1.165, 1.54) is 0 Å². The van der Waals surface area contributed by atoms with Crippen molar-refractivity contribution in [3.63, 3.8) is 0 Å². The summed E-state index contributed by atoms with van der Waals surface area (Å²) in [5.74, 6) is 0.878. The number of piperazine rings is 1. The topological polar surface area (TPSA) is 95.0 Å². The second-order valence-corrected chi connectivity index (χ2v) is 10.3. The third kappa shape index (κ3) is 5.55. The van der Waals surface area contributed by atoms with Gasteiger partial charge in [0.2, 0.25) is 17.7 Å². The lowest BCUT2D eigenvalue weighted by atomic mass is 9.80. The highest BCUT2D eigenvalue weighted by atomic mass is 16.5. The fourth-order valence-electron chi connectivity index (χ4n) is 5.11. The van der Waals surface area contributed by atoms with Gasteiger partial charge in [-0.2, -0.15) is 0 Å². The van der Waals surface area contributed by atoms with E-state index in [0.717, 1.165) is 24.2 Å². The van der Waals surface area contributed by atoms with Crippen LogP contribution in [0.2, 0.25) is 0 Å². The zero-order valence-electron chi connectivity index (χ0n) is 21.5. The summed E-state index contributed by atoms with van der Waals surface area (Å²) in [7, 11) is 0. The quantitative estimate of drug-likeness (QED) is 0.555. The number of pyridine rings is 1. The SMILES string of the molecule is CCCCN1C(=O)C(C(O)C(C)C)NC(=O)C12CCN(Cc1ccc(Oc3ccccc3)nc1)CC2. The Hall–Kier alpha value is -2.97. The lowest BCUT2D eigenvalue weighted by Crippen LogP contribution is -2.74. The molecular weight excluding hydrogens is 456 g/mol. The number of para-hydroxylation sites is 1. The minimum atomic E-state index is -0.899. The van der Waals surface area contributed by atoms with E-state index < -0.39 is 17.7 Å². The molecular formula is C28H38N4O4. The molecule has 8 heteroatoms. The van der Waals surface area contributed by atoms with Crippen molar-refractivity contribution in [1.82, 2.24) is 20.1 Å². The summed E-state index contributed by atoms with van der Waals surface area (Å²) in [5.41, 5.74) is 0.222. The second kappa shape index (κ2) is 11.4. The van der Waals surface area contributed by atoms with Crippen molar-refractivity contribution >= 4 is 11.8 Å². The number of aliphatic hydroxyl groups excluding tert-OH is 1. The smallest absolute Gasteiger partial charge is 0.248 e. The van der Waals surface area contributed by atoms with E-state index in [-0.39, 0.29) is 17.7 Å². The first-order valence-electron chi connectivity index (χ1n) is 13.0. The molecule has 1 spiro atoms. The van der Waals surface area contributed by atoms with E-state index in [0.29, 0.717) is 44.9 Å². The maximum atomic E-state index is 13.4. The van der Waals surface area contributed by atoms with Crippen LogP contribution in [0, 0.1) is 5.92 Å². The Morgan fingerprint density at radius 3 is 2.47 bits per heavy atom. The van der Waals surface area contributed by atoms with Crippen LogP contribution in [0.5, 0.6) is 11.6 Å². The molecule has 2 aliphatic heterocycles. The van der Waals surface area contributed by atoms with Gasteiger partial charge in [0.25, 0.3) is 0 Å². The molecule has 0 aliphatic carbocycles. The molecule has 2 unspecified atom stereocenters. The summed E-state index contributed by atoms with van der Waals surface area (Å²) in [5, 5.41) is 13.5. The van der Waals surface area contributed by atoms with Crippen molar-refractivity contribution in [2.75, 3.05) is 19.6 Å². The number of hydrogen-bond acceptors (Lipinski definition) is 6. The highest BCUT2D eigenvalue weighted by Gasteiger charge is 2.54. The van der Waals surface area contributed by atoms with E-state index in [1.54, 1.807) is 4.90 Å². The van der Waals surface area contributed by atoms with Crippen LogP contribution in [-0.4, -0.2) is 69.0 Å². The van der Waals surface area contributed by atoms with Crippen molar-refractivity contribution < 1.29 is 19.4 Å². The van der Waals surface area contributed by atoms with Gasteiger partial charge in [-0.1, -0.05) is 51.5 Å². The summed E-state index contributed by atoms with van der Waals surface area (Å²) in [6, 6.07) is 12.6. The van der Waals surface area contributed by atoms with Crippen molar-refractivity contribution in [1.29, 1.82) is 0 Å². The number of aromatic nitrogens is 1. The summed E-state index contributed by atoms with van der Waals surface area (Å²) in [6.45, 7) is 8.45. The van der Waals surface area contributed by atoms with Gasteiger partial charge in [-0.25, -0.2) is 4.98 Å². The van der Waals surface area contributed by atoms with Crippen LogP contribution in [0.15, 0.2) is 48.7 Å². The summed E-state index contributed by atoms with van der Waals surface area (Å²) >= 11 is 0. The Kier molecular flexibility index (Phi) is 8.26. The number of amides is 2. The van der Waals surface area contributed by atoms with Gasteiger partial charge in [-0.15, -0.1) is 0 Å². The highest BCUT2D eigenvalue weighted by molar-refractivity contribution is 6.00. The number of hydrogen-bond donors (Lipinski definition) is 2. The molecule has 36 heavy (non-hydrogen) atoms. The van der Waals surface area contributed by atoms with Crippen molar-refractivity contribution in [3.8, 4) is 11.6 Å². The standard InChI is InChI=1S/C28H38N4O4/c1-4-5-15-32-26(34)24(25(33)20(2)3)30-27(35)28(32)13-16-31(17-14-28)19-21-11-12-23(29-18-21)36-22-9-7-6-8-10-22/h6-12,18,20,24-25,33H,4-5,13-17,19H2,1-3H3,(H,30,35).